The lowest BCUT2D eigenvalue weighted by Gasteiger charge is -2.36. The molecule has 24 heavy (non-hydrogen) atoms. The molecule has 0 saturated carbocycles. The molecule has 0 aliphatic rings. The second-order valence-corrected chi connectivity index (χ2v) is 8.86. The van der Waals surface area contributed by atoms with Crippen LogP contribution >= 0.6 is 18.7 Å². The van der Waals surface area contributed by atoms with Crippen LogP contribution in [0.2, 0.25) is 0 Å². The van der Waals surface area contributed by atoms with Gasteiger partial charge in [-0.1, -0.05) is 91.0 Å². The topological polar surface area (TPSA) is 37.3 Å². The molecule has 0 aromatic heterocycles. The summed E-state index contributed by atoms with van der Waals surface area (Å²) in [6.07, 6.45) is 0. The van der Waals surface area contributed by atoms with E-state index in [1.165, 1.54) is 0 Å². The molecule has 0 saturated heterocycles. The smallest absolute Gasteiger partial charge is 0.178 e. The Hall–Kier alpha value is -1.86. The number of rotatable bonds is 5. The van der Waals surface area contributed by atoms with Crippen LogP contribution in [0.5, 0.6) is 0 Å². The third kappa shape index (κ3) is 2.71. The summed E-state index contributed by atoms with van der Waals surface area (Å²) in [6, 6.07) is 27.2. The van der Waals surface area contributed by atoms with Gasteiger partial charge in [-0.15, -0.1) is 11.6 Å². The summed E-state index contributed by atoms with van der Waals surface area (Å²) in [5, 5.41) is 11.0. The van der Waals surface area contributed by atoms with Crippen LogP contribution in [-0.4, -0.2) is 11.0 Å². The van der Waals surface area contributed by atoms with Crippen molar-refractivity contribution in [3.8, 4) is 0 Å². The zero-order valence-electron chi connectivity index (χ0n) is 13.0. The highest BCUT2D eigenvalue weighted by atomic mass is 35.5. The number of benzene rings is 3. The second-order valence-electron chi connectivity index (χ2n) is 5.60. The molecule has 1 unspecified atom stereocenters. The van der Waals surface area contributed by atoms with Gasteiger partial charge in [-0.25, -0.2) is 0 Å². The molecule has 0 aliphatic heterocycles. The van der Waals surface area contributed by atoms with Crippen LogP contribution in [0.4, 0.5) is 0 Å². The van der Waals surface area contributed by atoms with E-state index < -0.39 is 12.5 Å². The fourth-order valence-electron chi connectivity index (χ4n) is 2.90. The Morgan fingerprint density at radius 1 is 0.750 bits per heavy atom. The Labute approximate surface area is 147 Å². The molecule has 1 atom stereocenters. The van der Waals surface area contributed by atoms with Gasteiger partial charge in [-0.05, 0) is 5.56 Å². The van der Waals surface area contributed by atoms with Crippen LogP contribution in [0.25, 0.3) is 0 Å². The first-order valence-electron chi connectivity index (χ1n) is 7.68. The lowest BCUT2D eigenvalue weighted by atomic mass is 10.1. The minimum absolute atomic E-state index is 0.169. The van der Waals surface area contributed by atoms with E-state index in [9.17, 15) is 9.67 Å². The molecule has 3 aromatic rings. The summed E-state index contributed by atoms with van der Waals surface area (Å²) in [7, 11) is -3.44. The first-order valence-corrected chi connectivity index (χ1v) is 9.92. The van der Waals surface area contributed by atoms with Gasteiger partial charge in [-0.2, -0.15) is 0 Å². The predicted molar refractivity (Wildman–Crippen MR) is 101 cm³/mol. The van der Waals surface area contributed by atoms with Crippen molar-refractivity contribution in [2.75, 3.05) is 5.88 Å². The number of hydrogen-bond donors (Lipinski definition) is 1. The molecular weight excluding hydrogens is 339 g/mol. The molecular formula is C20H18ClO2P. The molecule has 3 aromatic carbocycles. The molecule has 0 radical (unpaired) electrons. The van der Waals surface area contributed by atoms with Crippen LogP contribution in [0.1, 0.15) is 5.56 Å². The average molecular weight is 357 g/mol. The Balaban J connectivity index is 2.31. The van der Waals surface area contributed by atoms with E-state index in [2.05, 4.69) is 0 Å². The highest BCUT2D eigenvalue weighted by molar-refractivity contribution is 7.79. The van der Waals surface area contributed by atoms with Gasteiger partial charge in [-0.3, -0.25) is 0 Å². The molecule has 0 heterocycles. The summed E-state index contributed by atoms with van der Waals surface area (Å²) >= 11 is 6.21. The van der Waals surface area contributed by atoms with Crippen LogP contribution in [-0.2, 0) is 9.91 Å². The number of alkyl halides is 1. The summed E-state index contributed by atoms with van der Waals surface area (Å²) in [6.45, 7) is 0. The molecule has 3 rings (SSSR count). The maximum Gasteiger partial charge on any atom is 0.178 e. The predicted octanol–water partition coefficient (Wildman–Crippen LogP) is 4.08. The molecule has 0 fully saturated rings. The zero-order chi connectivity index (χ0) is 17.0. The van der Waals surface area contributed by atoms with Gasteiger partial charge in [0.1, 0.15) is 0 Å². The summed E-state index contributed by atoms with van der Waals surface area (Å²) < 4.78 is 14.3. The average Bonchev–Trinajstić information content (AvgIpc) is 2.68. The van der Waals surface area contributed by atoms with Crippen molar-refractivity contribution in [2.24, 2.45) is 0 Å². The van der Waals surface area contributed by atoms with Gasteiger partial charge in [0.15, 0.2) is 12.5 Å². The number of halogens is 1. The summed E-state index contributed by atoms with van der Waals surface area (Å²) in [5.41, 5.74) is 0.552. The largest absolute Gasteiger partial charge is 0.375 e. The van der Waals surface area contributed by atoms with Crippen molar-refractivity contribution in [3.05, 3.63) is 96.6 Å². The van der Waals surface area contributed by atoms with E-state index in [4.69, 9.17) is 11.6 Å². The molecule has 2 nitrogen and oxygen atoms in total. The molecule has 4 heteroatoms. The van der Waals surface area contributed by atoms with Crippen molar-refractivity contribution in [1.82, 2.24) is 0 Å². The number of aliphatic hydroxyl groups is 1. The highest BCUT2D eigenvalue weighted by Gasteiger charge is 2.49. The SMILES string of the molecule is O=P(c1ccccc1)(c1ccccc1)C(O)(CCl)c1ccccc1. The number of hydrogen-bond acceptors (Lipinski definition) is 2. The summed E-state index contributed by atoms with van der Waals surface area (Å²) in [5.74, 6) is -0.169. The maximum absolute atomic E-state index is 14.3. The fraction of sp³-hybridized carbons (Fsp3) is 0.100. The lowest BCUT2D eigenvalue weighted by molar-refractivity contribution is 0.150. The van der Waals surface area contributed by atoms with E-state index in [1.54, 1.807) is 36.4 Å². The lowest BCUT2D eigenvalue weighted by Crippen LogP contribution is -2.37. The molecule has 0 amide bonds. The van der Waals surface area contributed by atoms with Crippen LogP contribution in [0.3, 0.4) is 0 Å². The Bertz CT molecular complexity index is 794. The standard InChI is InChI=1S/C20H18ClO2P/c21-16-20(22,17-10-4-1-5-11-17)24(23,18-12-6-2-7-13-18)19-14-8-3-9-15-19/h1-15,22H,16H2. The Morgan fingerprint density at radius 3 is 1.50 bits per heavy atom. The maximum atomic E-state index is 14.3. The normalized spacial score (nSPS) is 14.1. The first-order chi connectivity index (χ1) is 11.6. The highest BCUT2D eigenvalue weighted by Crippen LogP contribution is 2.60. The van der Waals surface area contributed by atoms with E-state index in [0.717, 1.165) is 0 Å². The fourth-order valence-corrected chi connectivity index (χ4v) is 6.58. The van der Waals surface area contributed by atoms with Gasteiger partial charge in [0.2, 0.25) is 0 Å². The van der Waals surface area contributed by atoms with Gasteiger partial charge in [0.05, 0.1) is 5.88 Å². The van der Waals surface area contributed by atoms with E-state index in [-0.39, 0.29) is 5.88 Å². The molecule has 1 N–H and O–H groups in total. The first kappa shape index (κ1) is 17.0. The zero-order valence-corrected chi connectivity index (χ0v) is 14.7. The third-order valence-corrected chi connectivity index (χ3v) is 8.27. The second kappa shape index (κ2) is 6.94. The van der Waals surface area contributed by atoms with Crippen molar-refractivity contribution in [1.29, 1.82) is 0 Å². The monoisotopic (exact) mass is 356 g/mol. The van der Waals surface area contributed by atoms with Gasteiger partial charge < -0.3 is 9.67 Å². The minimum atomic E-state index is -3.44. The van der Waals surface area contributed by atoms with Crippen molar-refractivity contribution in [2.45, 2.75) is 5.34 Å². The molecule has 0 aliphatic carbocycles. The van der Waals surface area contributed by atoms with E-state index >= 15 is 0 Å². The van der Waals surface area contributed by atoms with Crippen molar-refractivity contribution >= 4 is 29.4 Å². The molecule has 0 bridgehead atoms. The Morgan fingerprint density at radius 2 is 1.12 bits per heavy atom. The summed E-state index contributed by atoms with van der Waals surface area (Å²) in [4.78, 5) is 0. The molecule has 0 spiro atoms. The van der Waals surface area contributed by atoms with E-state index in [1.807, 2.05) is 54.6 Å². The van der Waals surface area contributed by atoms with Gasteiger partial charge >= 0.3 is 0 Å². The van der Waals surface area contributed by atoms with Crippen LogP contribution in [0, 0.1) is 0 Å². The quantitative estimate of drug-likeness (QED) is 0.552. The van der Waals surface area contributed by atoms with E-state index in [0.29, 0.717) is 16.2 Å². The Kier molecular flexibility index (Phi) is 4.91. The van der Waals surface area contributed by atoms with Gasteiger partial charge in [0, 0.05) is 10.6 Å². The minimum Gasteiger partial charge on any atom is -0.375 e. The third-order valence-electron chi connectivity index (χ3n) is 4.18. The van der Waals surface area contributed by atoms with Crippen LogP contribution in [0.15, 0.2) is 91.0 Å². The van der Waals surface area contributed by atoms with Crippen LogP contribution < -0.4 is 10.6 Å². The molecule has 122 valence electrons. The van der Waals surface area contributed by atoms with Crippen molar-refractivity contribution in [3.63, 3.8) is 0 Å². The van der Waals surface area contributed by atoms with Crippen molar-refractivity contribution < 1.29 is 9.67 Å². The van der Waals surface area contributed by atoms with Gasteiger partial charge in [0.25, 0.3) is 0 Å².